The van der Waals surface area contributed by atoms with Gasteiger partial charge in [-0.1, -0.05) is 30.3 Å². The number of nitriles is 1. The van der Waals surface area contributed by atoms with E-state index in [0.29, 0.717) is 6.07 Å². The molecule has 1 heterocycles. The van der Waals surface area contributed by atoms with Crippen molar-refractivity contribution in [2.75, 3.05) is 5.43 Å². The van der Waals surface area contributed by atoms with Gasteiger partial charge in [0.2, 0.25) is 5.91 Å². The number of nitrogens with zero attached hydrogens (tertiary/aromatic N) is 2. The Morgan fingerprint density at radius 3 is 2.48 bits per heavy atom. The molecule has 0 fully saturated rings. The monoisotopic (exact) mass is 320 g/mol. The van der Waals surface area contributed by atoms with Gasteiger partial charge >= 0.3 is 6.18 Å². The SMILES string of the molecule is N#Cc1ccc(C(F)(F)F)nc1NNC(=O)Cc1ccccc1. The molecular weight excluding hydrogens is 309 g/mol. The first-order chi connectivity index (χ1) is 10.9. The van der Waals surface area contributed by atoms with Crippen LogP contribution in [0.1, 0.15) is 16.8 Å². The fourth-order valence-electron chi connectivity index (χ4n) is 1.76. The third-order valence-electron chi connectivity index (χ3n) is 2.83. The van der Waals surface area contributed by atoms with Crippen molar-refractivity contribution in [3.05, 3.63) is 59.3 Å². The minimum atomic E-state index is -4.64. The van der Waals surface area contributed by atoms with Gasteiger partial charge in [0.25, 0.3) is 0 Å². The molecule has 1 aromatic heterocycles. The summed E-state index contributed by atoms with van der Waals surface area (Å²) in [6.45, 7) is 0. The highest BCUT2D eigenvalue weighted by Gasteiger charge is 2.33. The Morgan fingerprint density at radius 1 is 1.17 bits per heavy atom. The Morgan fingerprint density at radius 2 is 1.87 bits per heavy atom. The number of pyridine rings is 1. The predicted molar refractivity (Wildman–Crippen MR) is 75.9 cm³/mol. The van der Waals surface area contributed by atoms with E-state index in [4.69, 9.17) is 5.26 Å². The Balaban J connectivity index is 2.07. The van der Waals surface area contributed by atoms with E-state index in [2.05, 4.69) is 15.8 Å². The quantitative estimate of drug-likeness (QED) is 0.849. The van der Waals surface area contributed by atoms with Crippen LogP contribution >= 0.6 is 0 Å². The first-order valence-electron chi connectivity index (χ1n) is 6.47. The standard InChI is InChI=1S/C15H11F3N4O/c16-15(17,18)12-7-6-11(9-19)14(20-12)22-21-13(23)8-10-4-2-1-3-5-10/h1-7H,8H2,(H,20,22)(H,21,23). The van der Waals surface area contributed by atoms with Crippen LogP contribution in [0.25, 0.3) is 0 Å². The largest absolute Gasteiger partial charge is 0.433 e. The van der Waals surface area contributed by atoms with Crippen LogP contribution in [0.3, 0.4) is 0 Å². The summed E-state index contributed by atoms with van der Waals surface area (Å²) >= 11 is 0. The lowest BCUT2D eigenvalue weighted by atomic mass is 10.1. The summed E-state index contributed by atoms with van der Waals surface area (Å²) in [6.07, 6.45) is -4.60. The smallest absolute Gasteiger partial charge is 0.281 e. The van der Waals surface area contributed by atoms with Gasteiger partial charge in [0.05, 0.1) is 12.0 Å². The van der Waals surface area contributed by atoms with Crippen molar-refractivity contribution >= 4 is 11.7 Å². The van der Waals surface area contributed by atoms with Crippen LogP contribution in [0.4, 0.5) is 19.0 Å². The highest BCUT2D eigenvalue weighted by molar-refractivity contribution is 5.79. The van der Waals surface area contributed by atoms with Gasteiger partial charge in [0.1, 0.15) is 11.8 Å². The summed E-state index contributed by atoms with van der Waals surface area (Å²) in [5, 5.41) is 8.89. The van der Waals surface area contributed by atoms with Crippen LogP contribution < -0.4 is 10.9 Å². The maximum atomic E-state index is 12.6. The van der Waals surface area contributed by atoms with Crippen molar-refractivity contribution in [3.8, 4) is 6.07 Å². The normalized spacial score (nSPS) is 10.7. The Kier molecular flexibility index (Phi) is 4.81. The third-order valence-corrected chi connectivity index (χ3v) is 2.83. The van der Waals surface area contributed by atoms with Gasteiger partial charge in [0.15, 0.2) is 5.82 Å². The van der Waals surface area contributed by atoms with Crippen molar-refractivity contribution in [3.63, 3.8) is 0 Å². The lowest BCUT2D eigenvalue weighted by Gasteiger charge is -2.12. The molecule has 0 unspecified atom stereocenters. The number of anilines is 1. The molecule has 23 heavy (non-hydrogen) atoms. The van der Waals surface area contributed by atoms with Crippen molar-refractivity contribution in [2.24, 2.45) is 0 Å². The van der Waals surface area contributed by atoms with Gasteiger partial charge in [-0.15, -0.1) is 0 Å². The number of halogens is 3. The molecule has 2 rings (SSSR count). The van der Waals surface area contributed by atoms with E-state index < -0.39 is 17.8 Å². The molecular formula is C15H11F3N4O. The van der Waals surface area contributed by atoms with Crippen LogP contribution in [0.2, 0.25) is 0 Å². The van der Waals surface area contributed by atoms with E-state index in [-0.39, 0.29) is 17.8 Å². The number of alkyl halides is 3. The highest BCUT2D eigenvalue weighted by atomic mass is 19.4. The number of carbonyl (C=O) groups is 1. The highest BCUT2D eigenvalue weighted by Crippen LogP contribution is 2.29. The van der Waals surface area contributed by atoms with E-state index in [1.807, 2.05) is 0 Å². The lowest BCUT2D eigenvalue weighted by molar-refractivity contribution is -0.141. The molecule has 0 saturated carbocycles. The Hall–Kier alpha value is -3.08. The molecule has 2 aromatic rings. The van der Waals surface area contributed by atoms with Crippen LogP contribution in [0.15, 0.2) is 42.5 Å². The summed E-state index contributed by atoms with van der Waals surface area (Å²) in [5.41, 5.74) is 3.97. The minimum Gasteiger partial charge on any atom is -0.281 e. The molecule has 1 aromatic carbocycles. The van der Waals surface area contributed by atoms with E-state index >= 15 is 0 Å². The van der Waals surface area contributed by atoms with Crippen molar-refractivity contribution in [1.29, 1.82) is 5.26 Å². The number of hydrogen-bond donors (Lipinski definition) is 2. The van der Waals surface area contributed by atoms with Gasteiger partial charge in [-0.2, -0.15) is 18.4 Å². The molecule has 0 aliphatic rings. The predicted octanol–water partition coefficient (Wildman–Crippen LogP) is 2.66. The summed E-state index contributed by atoms with van der Waals surface area (Å²) in [6, 6.07) is 12.2. The average Bonchev–Trinajstić information content (AvgIpc) is 2.52. The Labute approximate surface area is 129 Å². The van der Waals surface area contributed by atoms with E-state index in [1.54, 1.807) is 36.4 Å². The number of hydrazine groups is 1. The first-order valence-corrected chi connectivity index (χ1v) is 6.47. The zero-order valence-corrected chi connectivity index (χ0v) is 11.7. The molecule has 0 aliphatic carbocycles. The number of amides is 1. The van der Waals surface area contributed by atoms with Crippen molar-refractivity contribution in [1.82, 2.24) is 10.4 Å². The molecule has 1 amide bonds. The first kappa shape index (κ1) is 16.3. The van der Waals surface area contributed by atoms with Crippen LogP contribution in [0.5, 0.6) is 0 Å². The van der Waals surface area contributed by atoms with Crippen LogP contribution in [0, 0.1) is 11.3 Å². The summed E-state index contributed by atoms with van der Waals surface area (Å²) in [7, 11) is 0. The molecule has 118 valence electrons. The van der Waals surface area contributed by atoms with Crippen molar-refractivity contribution < 1.29 is 18.0 Å². The van der Waals surface area contributed by atoms with E-state index in [0.717, 1.165) is 11.6 Å². The number of nitrogens with one attached hydrogen (secondary N) is 2. The summed E-state index contributed by atoms with van der Waals surface area (Å²) in [4.78, 5) is 15.1. The van der Waals surface area contributed by atoms with Gasteiger partial charge in [0, 0.05) is 0 Å². The zero-order chi connectivity index (χ0) is 16.9. The minimum absolute atomic E-state index is 0.0364. The number of carbonyl (C=O) groups excluding carboxylic acids is 1. The molecule has 0 aliphatic heterocycles. The van der Waals surface area contributed by atoms with Crippen LogP contribution in [-0.4, -0.2) is 10.9 Å². The molecule has 8 heteroatoms. The van der Waals surface area contributed by atoms with E-state index in [1.165, 1.54) is 0 Å². The lowest BCUT2D eigenvalue weighted by Crippen LogP contribution is -2.31. The second-order valence-corrected chi connectivity index (χ2v) is 4.54. The fourth-order valence-corrected chi connectivity index (χ4v) is 1.76. The molecule has 0 radical (unpaired) electrons. The second kappa shape index (κ2) is 6.79. The molecule has 2 N–H and O–H groups in total. The summed E-state index contributed by atoms with van der Waals surface area (Å²) < 4.78 is 37.9. The topological polar surface area (TPSA) is 77.8 Å². The van der Waals surface area contributed by atoms with E-state index in [9.17, 15) is 18.0 Å². The zero-order valence-electron chi connectivity index (χ0n) is 11.7. The third kappa shape index (κ3) is 4.44. The maximum absolute atomic E-state index is 12.6. The maximum Gasteiger partial charge on any atom is 0.433 e. The molecule has 5 nitrogen and oxygen atoms in total. The second-order valence-electron chi connectivity index (χ2n) is 4.54. The van der Waals surface area contributed by atoms with Crippen LogP contribution in [-0.2, 0) is 17.4 Å². The van der Waals surface area contributed by atoms with Gasteiger partial charge in [-0.3, -0.25) is 15.6 Å². The average molecular weight is 320 g/mol. The fraction of sp³-hybridized carbons (Fsp3) is 0.133. The number of hydrogen-bond acceptors (Lipinski definition) is 4. The Bertz CT molecular complexity index is 739. The van der Waals surface area contributed by atoms with Gasteiger partial charge in [-0.05, 0) is 17.7 Å². The molecule has 0 saturated heterocycles. The van der Waals surface area contributed by atoms with Crippen molar-refractivity contribution in [2.45, 2.75) is 12.6 Å². The van der Waals surface area contributed by atoms with Gasteiger partial charge in [-0.25, -0.2) is 4.98 Å². The van der Waals surface area contributed by atoms with Gasteiger partial charge < -0.3 is 0 Å². The molecule has 0 bridgehead atoms. The number of rotatable bonds is 4. The summed E-state index contributed by atoms with van der Waals surface area (Å²) in [5.74, 6) is -0.831. The number of aromatic nitrogens is 1. The molecule has 0 atom stereocenters. The molecule has 0 spiro atoms. The number of benzene rings is 1.